The van der Waals surface area contributed by atoms with Gasteiger partial charge in [-0.05, 0) is 43.7 Å². The lowest BCUT2D eigenvalue weighted by molar-refractivity contribution is -0.121. The number of rotatable bonds is 6. The van der Waals surface area contributed by atoms with Gasteiger partial charge < -0.3 is 10.6 Å². The summed E-state index contributed by atoms with van der Waals surface area (Å²) in [6.07, 6.45) is 2.96. The van der Waals surface area contributed by atoms with Crippen molar-refractivity contribution in [1.29, 1.82) is 0 Å². The third-order valence-electron chi connectivity index (χ3n) is 3.70. The van der Waals surface area contributed by atoms with Crippen molar-refractivity contribution in [3.8, 4) is 0 Å². The van der Waals surface area contributed by atoms with Gasteiger partial charge in [0.1, 0.15) is 0 Å². The number of hydrogen-bond acceptors (Lipinski definition) is 2. The maximum Gasteiger partial charge on any atom is 0.220 e. The summed E-state index contributed by atoms with van der Waals surface area (Å²) in [5.41, 5.74) is 0. The topological polar surface area (TPSA) is 41.1 Å². The summed E-state index contributed by atoms with van der Waals surface area (Å²) in [7, 11) is 0. The van der Waals surface area contributed by atoms with Gasteiger partial charge in [0, 0.05) is 13.0 Å². The molecule has 0 bridgehead atoms. The molecule has 2 N–H and O–H groups in total. The van der Waals surface area contributed by atoms with E-state index in [1.165, 1.54) is 6.42 Å². The fourth-order valence-corrected chi connectivity index (χ4v) is 1.89. The van der Waals surface area contributed by atoms with Crippen LogP contribution in [0.3, 0.4) is 0 Å². The van der Waals surface area contributed by atoms with Crippen LogP contribution in [-0.4, -0.2) is 25.5 Å². The summed E-state index contributed by atoms with van der Waals surface area (Å²) in [6.45, 7) is 9.61. The fraction of sp³-hybridized carbons (Fsp3) is 0.923. The van der Waals surface area contributed by atoms with Crippen molar-refractivity contribution in [2.24, 2.45) is 17.8 Å². The first-order valence-electron chi connectivity index (χ1n) is 6.57. The predicted octanol–water partition coefficient (Wildman–Crippen LogP) is 1.78. The first kappa shape index (κ1) is 13.5. The van der Waals surface area contributed by atoms with Crippen LogP contribution in [0.5, 0.6) is 0 Å². The van der Waals surface area contributed by atoms with Crippen molar-refractivity contribution < 1.29 is 4.79 Å². The van der Waals surface area contributed by atoms with Crippen molar-refractivity contribution in [2.45, 2.75) is 40.0 Å². The first-order valence-corrected chi connectivity index (χ1v) is 6.57. The maximum absolute atomic E-state index is 11.6. The lowest BCUT2D eigenvalue weighted by Crippen LogP contribution is -2.30. The van der Waals surface area contributed by atoms with Crippen LogP contribution < -0.4 is 10.6 Å². The van der Waals surface area contributed by atoms with Gasteiger partial charge in [0.15, 0.2) is 0 Å². The molecule has 16 heavy (non-hydrogen) atoms. The molecule has 2 atom stereocenters. The van der Waals surface area contributed by atoms with Crippen LogP contribution in [0.1, 0.15) is 40.0 Å². The molecule has 1 aliphatic rings. The average molecular weight is 226 g/mol. The Hall–Kier alpha value is -0.570. The molecule has 1 aliphatic heterocycles. The molecule has 0 spiro atoms. The Labute approximate surface area is 99.4 Å². The van der Waals surface area contributed by atoms with Crippen LogP contribution in [0, 0.1) is 17.8 Å². The van der Waals surface area contributed by atoms with Gasteiger partial charge in [-0.2, -0.15) is 0 Å². The zero-order valence-electron chi connectivity index (χ0n) is 10.9. The number of carbonyl (C=O) groups is 1. The Bertz CT molecular complexity index is 202. The number of carbonyl (C=O) groups excluding carboxylic acids is 1. The minimum absolute atomic E-state index is 0.222. The molecule has 3 heteroatoms. The van der Waals surface area contributed by atoms with E-state index in [1.807, 2.05) is 0 Å². The van der Waals surface area contributed by atoms with Crippen molar-refractivity contribution in [3.63, 3.8) is 0 Å². The van der Waals surface area contributed by atoms with Crippen LogP contribution in [0.15, 0.2) is 0 Å². The summed E-state index contributed by atoms with van der Waals surface area (Å²) >= 11 is 0. The molecule has 1 fully saturated rings. The molecule has 0 aromatic heterocycles. The minimum Gasteiger partial charge on any atom is -0.356 e. The Morgan fingerprint density at radius 2 is 2.19 bits per heavy atom. The van der Waals surface area contributed by atoms with Gasteiger partial charge in [0.2, 0.25) is 5.91 Å². The van der Waals surface area contributed by atoms with Crippen LogP contribution in [0.4, 0.5) is 0 Å². The molecule has 94 valence electrons. The van der Waals surface area contributed by atoms with Crippen LogP contribution in [0.2, 0.25) is 0 Å². The van der Waals surface area contributed by atoms with E-state index >= 15 is 0 Å². The molecule has 2 unspecified atom stereocenters. The monoisotopic (exact) mass is 226 g/mol. The highest BCUT2D eigenvalue weighted by molar-refractivity contribution is 5.75. The number of amides is 1. The van der Waals surface area contributed by atoms with E-state index in [0.29, 0.717) is 24.2 Å². The third kappa shape index (κ3) is 4.97. The van der Waals surface area contributed by atoms with E-state index in [-0.39, 0.29) is 5.91 Å². The van der Waals surface area contributed by atoms with E-state index in [0.717, 1.165) is 26.1 Å². The van der Waals surface area contributed by atoms with E-state index in [9.17, 15) is 4.79 Å². The molecule has 0 aliphatic carbocycles. The van der Waals surface area contributed by atoms with Gasteiger partial charge in [-0.1, -0.05) is 20.8 Å². The Balaban J connectivity index is 2.06. The van der Waals surface area contributed by atoms with E-state index < -0.39 is 0 Å². The summed E-state index contributed by atoms with van der Waals surface area (Å²) in [5.74, 6) is 2.14. The highest BCUT2D eigenvalue weighted by Gasteiger charge is 2.16. The third-order valence-corrected chi connectivity index (χ3v) is 3.70. The lowest BCUT2D eigenvalue weighted by Gasteiger charge is -2.16. The van der Waals surface area contributed by atoms with Gasteiger partial charge in [-0.15, -0.1) is 0 Å². The number of nitrogens with one attached hydrogen (secondary N) is 2. The Morgan fingerprint density at radius 1 is 1.44 bits per heavy atom. The molecule has 1 rings (SSSR count). The SMILES string of the molecule is CC(C)C(C)CNC(=O)CCC1CCNC1. The largest absolute Gasteiger partial charge is 0.356 e. The molecule has 0 saturated carbocycles. The van der Waals surface area contributed by atoms with E-state index in [4.69, 9.17) is 0 Å². The Kier molecular flexibility index (Phi) is 5.81. The highest BCUT2D eigenvalue weighted by Crippen LogP contribution is 2.14. The standard InChI is InChI=1S/C13H26N2O/c1-10(2)11(3)8-15-13(16)5-4-12-6-7-14-9-12/h10-12,14H,4-9H2,1-3H3,(H,15,16). The van der Waals surface area contributed by atoms with E-state index in [2.05, 4.69) is 31.4 Å². The normalized spacial score (nSPS) is 22.4. The fourth-order valence-electron chi connectivity index (χ4n) is 1.89. The van der Waals surface area contributed by atoms with Gasteiger partial charge in [-0.25, -0.2) is 0 Å². The van der Waals surface area contributed by atoms with Crippen molar-refractivity contribution >= 4 is 5.91 Å². The molecular weight excluding hydrogens is 200 g/mol. The van der Waals surface area contributed by atoms with Crippen molar-refractivity contribution in [2.75, 3.05) is 19.6 Å². The molecular formula is C13H26N2O. The summed E-state index contributed by atoms with van der Waals surface area (Å²) in [6, 6.07) is 0. The van der Waals surface area contributed by atoms with Gasteiger partial charge in [0.05, 0.1) is 0 Å². The summed E-state index contributed by atoms with van der Waals surface area (Å²) < 4.78 is 0. The Morgan fingerprint density at radius 3 is 2.75 bits per heavy atom. The summed E-state index contributed by atoms with van der Waals surface area (Å²) in [5, 5.41) is 6.36. The minimum atomic E-state index is 0.222. The molecule has 1 amide bonds. The second-order valence-corrected chi connectivity index (χ2v) is 5.42. The lowest BCUT2D eigenvalue weighted by atomic mass is 9.98. The molecule has 0 aromatic carbocycles. The summed E-state index contributed by atoms with van der Waals surface area (Å²) in [4.78, 5) is 11.6. The van der Waals surface area contributed by atoms with Crippen LogP contribution in [-0.2, 0) is 4.79 Å². The zero-order chi connectivity index (χ0) is 12.0. The second-order valence-electron chi connectivity index (χ2n) is 5.42. The zero-order valence-corrected chi connectivity index (χ0v) is 10.9. The van der Waals surface area contributed by atoms with Crippen molar-refractivity contribution in [3.05, 3.63) is 0 Å². The molecule has 1 saturated heterocycles. The molecule has 1 heterocycles. The first-order chi connectivity index (χ1) is 7.59. The predicted molar refractivity (Wildman–Crippen MR) is 67.2 cm³/mol. The smallest absolute Gasteiger partial charge is 0.220 e. The van der Waals surface area contributed by atoms with Gasteiger partial charge in [-0.3, -0.25) is 4.79 Å². The highest BCUT2D eigenvalue weighted by atomic mass is 16.1. The molecule has 0 aromatic rings. The van der Waals surface area contributed by atoms with E-state index in [1.54, 1.807) is 0 Å². The average Bonchev–Trinajstić information content (AvgIpc) is 2.75. The van der Waals surface area contributed by atoms with Gasteiger partial charge in [0.25, 0.3) is 0 Å². The molecule has 0 radical (unpaired) electrons. The van der Waals surface area contributed by atoms with Crippen LogP contribution in [0.25, 0.3) is 0 Å². The quantitative estimate of drug-likeness (QED) is 0.725. The van der Waals surface area contributed by atoms with Crippen molar-refractivity contribution in [1.82, 2.24) is 10.6 Å². The van der Waals surface area contributed by atoms with Gasteiger partial charge >= 0.3 is 0 Å². The number of hydrogen-bond donors (Lipinski definition) is 2. The maximum atomic E-state index is 11.6. The molecule has 3 nitrogen and oxygen atoms in total. The second kappa shape index (κ2) is 6.89. The van der Waals surface area contributed by atoms with Crippen LogP contribution >= 0.6 is 0 Å².